The summed E-state index contributed by atoms with van der Waals surface area (Å²) in [6.07, 6.45) is 3.24. The smallest absolute Gasteiger partial charge is 0.259 e. The second-order valence-corrected chi connectivity index (χ2v) is 6.13. The molecule has 0 saturated heterocycles. The van der Waals surface area contributed by atoms with E-state index >= 15 is 0 Å². The molecule has 0 fully saturated rings. The minimum absolute atomic E-state index is 0.0499. The highest BCUT2D eigenvalue weighted by Crippen LogP contribution is 2.24. The molecule has 0 aliphatic rings. The summed E-state index contributed by atoms with van der Waals surface area (Å²) in [4.78, 5) is 17.1. The lowest BCUT2D eigenvalue weighted by Crippen LogP contribution is -2.15. The van der Waals surface area contributed by atoms with Gasteiger partial charge >= 0.3 is 0 Å². The van der Waals surface area contributed by atoms with Crippen LogP contribution in [0.5, 0.6) is 5.75 Å². The van der Waals surface area contributed by atoms with Gasteiger partial charge in [-0.25, -0.2) is 9.67 Å². The Morgan fingerprint density at radius 1 is 1.30 bits per heavy atom. The van der Waals surface area contributed by atoms with Crippen LogP contribution in [0, 0.1) is 11.3 Å². The molecular weight excluding hydrogens is 342 g/mol. The first-order valence-corrected chi connectivity index (χ1v) is 8.50. The summed E-state index contributed by atoms with van der Waals surface area (Å²) in [7, 11) is 0. The lowest BCUT2D eigenvalue weighted by atomic mass is 10.1. The summed E-state index contributed by atoms with van der Waals surface area (Å²) in [5.41, 5.74) is 1.85. The van der Waals surface area contributed by atoms with Crippen molar-refractivity contribution < 1.29 is 9.53 Å². The van der Waals surface area contributed by atoms with E-state index in [9.17, 15) is 4.79 Å². The number of carbonyl (C=O) groups is 1. The largest absolute Gasteiger partial charge is 0.479 e. The maximum atomic E-state index is 12.8. The van der Waals surface area contributed by atoms with Crippen LogP contribution < -0.4 is 10.1 Å². The Labute approximate surface area is 157 Å². The topological polar surface area (TPSA) is 92.8 Å². The zero-order chi connectivity index (χ0) is 19.2. The first kappa shape index (κ1) is 18.1. The number of rotatable bonds is 6. The third-order valence-corrected chi connectivity index (χ3v) is 3.86. The number of carbonyl (C=O) groups excluding carboxylic acids is 1. The van der Waals surface area contributed by atoms with Crippen molar-refractivity contribution in [3.05, 3.63) is 66.1 Å². The third kappa shape index (κ3) is 4.12. The van der Waals surface area contributed by atoms with Crippen molar-refractivity contribution in [2.24, 2.45) is 0 Å². The number of benzene rings is 1. The van der Waals surface area contributed by atoms with Gasteiger partial charge in [0.25, 0.3) is 5.91 Å². The summed E-state index contributed by atoms with van der Waals surface area (Å²) < 4.78 is 6.96. The number of nitrogens with one attached hydrogen (secondary N) is 1. The molecule has 0 spiro atoms. The summed E-state index contributed by atoms with van der Waals surface area (Å²) in [5.74, 6) is 0.980. The molecule has 0 radical (unpaired) electrons. The van der Waals surface area contributed by atoms with E-state index in [1.807, 2.05) is 38.1 Å². The molecule has 0 saturated carbocycles. The van der Waals surface area contributed by atoms with E-state index in [0.29, 0.717) is 22.8 Å². The maximum Gasteiger partial charge on any atom is 0.259 e. The molecule has 0 bridgehead atoms. The van der Waals surface area contributed by atoms with E-state index in [2.05, 4.69) is 15.4 Å². The summed E-state index contributed by atoms with van der Waals surface area (Å²) in [6.45, 7) is 3.96. The minimum atomic E-state index is -0.265. The van der Waals surface area contributed by atoms with E-state index in [1.165, 1.54) is 0 Å². The summed E-state index contributed by atoms with van der Waals surface area (Å²) in [5, 5.41) is 15.8. The van der Waals surface area contributed by atoms with Crippen LogP contribution in [0.4, 0.5) is 5.69 Å². The fourth-order valence-electron chi connectivity index (χ4n) is 2.73. The van der Waals surface area contributed by atoms with Gasteiger partial charge in [-0.2, -0.15) is 10.4 Å². The second-order valence-electron chi connectivity index (χ2n) is 6.13. The molecule has 0 atom stereocenters. The maximum absolute atomic E-state index is 12.8. The monoisotopic (exact) mass is 361 g/mol. The second kappa shape index (κ2) is 8.15. The number of hydrogen-bond donors (Lipinski definition) is 1. The van der Waals surface area contributed by atoms with Crippen molar-refractivity contribution >= 4 is 11.6 Å². The lowest BCUT2D eigenvalue weighted by Gasteiger charge is -2.12. The predicted octanol–water partition coefficient (Wildman–Crippen LogP) is 3.55. The van der Waals surface area contributed by atoms with Crippen LogP contribution in [-0.4, -0.2) is 27.3 Å². The summed E-state index contributed by atoms with van der Waals surface area (Å²) in [6, 6.07) is 14.4. The average Bonchev–Trinajstić information content (AvgIpc) is 3.13. The standard InChI is InChI=1S/C20H19N5O2/c1-14(2)19-17(13-23-25(19)18-8-3-4-10-22-18)20(26)24-15-6-5-7-16(12-15)27-11-9-21/h3-8,10,12-14H,11H2,1-2H3,(H,24,26). The lowest BCUT2D eigenvalue weighted by molar-refractivity contribution is 0.102. The molecule has 0 aliphatic carbocycles. The average molecular weight is 361 g/mol. The van der Waals surface area contributed by atoms with Gasteiger partial charge in [-0.1, -0.05) is 26.0 Å². The zero-order valence-electron chi connectivity index (χ0n) is 15.1. The molecule has 0 aliphatic heterocycles. The number of aromatic nitrogens is 3. The van der Waals surface area contributed by atoms with Crippen LogP contribution in [0.1, 0.15) is 35.8 Å². The quantitative estimate of drug-likeness (QED) is 0.725. The number of pyridine rings is 1. The predicted molar refractivity (Wildman–Crippen MR) is 101 cm³/mol. The van der Waals surface area contributed by atoms with Crippen LogP contribution >= 0.6 is 0 Å². The van der Waals surface area contributed by atoms with Gasteiger partial charge < -0.3 is 10.1 Å². The first-order chi connectivity index (χ1) is 13.1. The number of anilines is 1. The van der Waals surface area contributed by atoms with Crippen molar-refractivity contribution in [2.45, 2.75) is 19.8 Å². The Morgan fingerprint density at radius 2 is 2.15 bits per heavy atom. The van der Waals surface area contributed by atoms with Gasteiger partial charge in [-0.05, 0) is 30.2 Å². The van der Waals surface area contributed by atoms with Gasteiger partial charge in [0, 0.05) is 18.0 Å². The normalized spacial score (nSPS) is 10.4. The molecule has 1 aromatic carbocycles. The highest BCUT2D eigenvalue weighted by atomic mass is 16.5. The summed E-state index contributed by atoms with van der Waals surface area (Å²) >= 11 is 0. The number of nitrogens with zero attached hydrogens (tertiary/aromatic N) is 4. The van der Waals surface area contributed by atoms with Crippen molar-refractivity contribution in [1.82, 2.24) is 14.8 Å². The molecule has 7 nitrogen and oxygen atoms in total. The molecule has 0 unspecified atom stereocenters. The van der Waals surface area contributed by atoms with Gasteiger partial charge in [0.05, 0.1) is 17.5 Å². The minimum Gasteiger partial charge on any atom is -0.479 e. The van der Waals surface area contributed by atoms with E-state index in [4.69, 9.17) is 10.00 Å². The Balaban J connectivity index is 1.87. The molecule has 27 heavy (non-hydrogen) atoms. The highest BCUT2D eigenvalue weighted by molar-refractivity contribution is 6.05. The van der Waals surface area contributed by atoms with Crippen LogP contribution in [0.3, 0.4) is 0 Å². The Morgan fingerprint density at radius 3 is 2.85 bits per heavy atom. The zero-order valence-corrected chi connectivity index (χ0v) is 15.1. The van der Waals surface area contributed by atoms with Crippen LogP contribution in [0.2, 0.25) is 0 Å². The van der Waals surface area contributed by atoms with Gasteiger partial charge in [0.1, 0.15) is 11.8 Å². The number of hydrogen-bond acceptors (Lipinski definition) is 5. The van der Waals surface area contributed by atoms with Crippen LogP contribution in [-0.2, 0) is 0 Å². The molecular formula is C20H19N5O2. The Hall–Kier alpha value is -3.66. The third-order valence-electron chi connectivity index (χ3n) is 3.86. The number of ether oxygens (including phenoxy) is 1. The van der Waals surface area contributed by atoms with E-state index in [0.717, 1.165) is 5.69 Å². The molecule has 1 N–H and O–H groups in total. The number of nitriles is 1. The van der Waals surface area contributed by atoms with Crippen LogP contribution in [0.15, 0.2) is 54.9 Å². The fraction of sp³-hybridized carbons (Fsp3) is 0.200. The molecule has 7 heteroatoms. The molecule has 1 amide bonds. The van der Waals surface area contributed by atoms with Gasteiger partial charge in [-0.15, -0.1) is 0 Å². The van der Waals surface area contributed by atoms with E-state index in [-0.39, 0.29) is 18.4 Å². The van der Waals surface area contributed by atoms with Crippen molar-refractivity contribution in [3.8, 4) is 17.6 Å². The van der Waals surface area contributed by atoms with Crippen molar-refractivity contribution in [2.75, 3.05) is 11.9 Å². The Bertz CT molecular complexity index is 974. The molecule has 2 heterocycles. The molecule has 2 aromatic heterocycles. The molecule has 3 aromatic rings. The van der Waals surface area contributed by atoms with E-state index < -0.39 is 0 Å². The highest BCUT2D eigenvalue weighted by Gasteiger charge is 2.21. The molecule has 136 valence electrons. The SMILES string of the molecule is CC(C)c1c(C(=O)Nc2cccc(OCC#N)c2)cnn1-c1ccccn1. The van der Waals surface area contributed by atoms with Gasteiger partial charge in [0.2, 0.25) is 0 Å². The van der Waals surface area contributed by atoms with Crippen LogP contribution in [0.25, 0.3) is 5.82 Å². The van der Waals surface area contributed by atoms with Crippen molar-refractivity contribution in [3.63, 3.8) is 0 Å². The first-order valence-electron chi connectivity index (χ1n) is 8.50. The fourth-order valence-corrected chi connectivity index (χ4v) is 2.73. The van der Waals surface area contributed by atoms with Gasteiger partial charge in [-0.3, -0.25) is 4.79 Å². The van der Waals surface area contributed by atoms with E-state index in [1.54, 1.807) is 41.3 Å². The number of amides is 1. The molecule has 3 rings (SSSR count). The van der Waals surface area contributed by atoms with Crippen molar-refractivity contribution in [1.29, 1.82) is 5.26 Å². The Kier molecular flexibility index (Phi) is 5.47. The van der Waals surface area contributed by atoms with Gasteiger partial charge in [0.15, 0.2) is 12.4 Å².